The smallest absolute Gasteiger partial charge is 0.247 e. The number of amides is 2. The van der Waals surface area contributed by atoms with Gasteiger partial charge in [-0.2, -0.15) is 4.31 Å². The summed E-state index contributed by atoms with van der Waals surface area (Å²) >= 11 is 0. The Morgan fingerprint density at radius 3 is 2.50 bits per heavy atom. The standard InChI is InChI=1S/C24H30FN3O5S/c1-16(2)22(24(30)26-19-7-4-8-20(14-19)33-3)27-23(29)17-6-5-13-28(15-17)34(31,32)21-11-9-18(25)10-12-21/h4,7-12,14,16-17,22H,5-6,13,15H2,1-3H3,(H,26,30)(H,27,29)/t17-,22-/m0/s1. The summed E-state index contributed by atoms with van der Waals surface area (Å²) < 4.78 is 45.5. The van der Waals surface area contributed by atoms with Gasteiger partial charge in [-0.1, -0.05) is 19.9 Å². The van der Waals surface area contributed by atoms with Crippen molar-refractivity contribution in [3.8, 4) is 5.75 Å². The van der Waals surface area contributed by atoms with Crippen LogP contribution in [0, 0.1) is 17.7 Å². The number of sulfonamides is 1. The number of carbonyl (C=O) groups is 2. The topological polar surface area (TPSA) is 105 Å². The molecule has 1 heterocycles. The van der Waals surface area contributed by atoms with Crippen molar-refractivity contribution in [2.75, 3.05) is 25.5 Å². The normalized spacial score (nSPS) is 17.7. The number of methoxy groups -OCH3 is 1. The van der Waals surface area contributed by atoms with Crippen LogP contribution in [0.25, 0.3) is 0 Å². The fourth-order valence-corrected chi connectivity index (χ4v) is 5.38. The summed E-state index contributed by atoms with van der Waals surface area (Å²) in [6.45, 7) is 3.91. The van der Waals surface area contributed by atoms with Crippen LogP contribution in [-0.4, -0.2) is 50.8 Å². The Balaban J connectivity index is 1.68. The monoisotopic (exact) mass is 491 g/mol. The average Bonchev–Trinajstić information content (AvgIpc) is 2.82. The number of piperidine rings is 1. The number of rotatable bonds is 8. The summed E-state index contributed by atoms with van der Waals surface area (Å²) in [5, 5.41) is 5.60. The highest BCUT2D eigenvalue weighted by Gasteiger charge is 2.35. The van der Waals surface area contributed by atoms with E-state index in [0.717, 1.165) is 12.1 Å². The highest BCUT2D eigenvalue weighted by molar-refractivity contribution is 7.89. The molecule has 0 bridgehead atoms. The fraction of sp³-hybridized carbons (Fsp3) is 0.417. The lowest BCUT2D eigenvalue weighted by molar-refractivity contribution is -0.130. The third-order valence-corrected chi connectivity index (χ3v) is 7.67. The molecule has 1 fully saturated rings. The molecule has 184 valence electrons. The first-order valence-electron chi connectivity index (χ1n) is 11.1. The van der Waals surface area contributed by atoms with Gasteiger partial charge in [0.1, 0.15) is 17.6 Å². The number of nitrogens with zero attached hydrogens (tertiary/aromatic N) is 1. The van der Waals surface area contributed by atoms with Crippen LogP contribution in [0.2, 0.25) is 0 Å². The van der Waals surface area contributed by atoms with Gasteiger partial charge in [0.15, 0.2) is 0 Å². The lowest BCUT2D eigenvalue weighted by Crippen LogP contribution is -2.52. The van der Waals surface area contributed by atoms with Crippen molar-refractivity contribution >= 4 is 27.5 Å². The number of benzene rings is 2. The predicted octanol–water partition coefficient (Wildman–Crippen LogP) is 3.01. The average molecular weight is 492 g/mol. The van der Waals surface area contributed by atoms with Crippen molar-refractivity contribution in [2.24, 2.45) is 11.8 Å². The van der Waals surface area contributed by atoms with Crippen LogP contribution in [0.5, 0.6) is 5.75 Å². The van der Waals surface area contributed by atoms with E-state index in [0.29, 0.717) is 24.3 Å². The zero-order chi connectivity index (χ0) is 24.9. The maximum atomic E-state index is 13.2. The summed E-state index contributed by atoms with van der Waals surface area (Å²) in [6.07, 6.45) is 1.00. The molecule has 2 atom stereocenters. The van der Waals surface area contributed by atoms with Crippen molar-refractivity contribution in [2.45, 2.75) is 37.6 Å². The van der Waals surface area contributed by atoms with Crippen LogP contribution in [0.15, 0.2) is 53.4 Å². The van der Waals surface area contributed by atoms with E-state index in [1.807, 2.05) is 13.8 Å². The van der Waals surface area contributed by atoms with Gasteiger partial charge in [-0.15, -0.1) is 0 Å². The molecule has 1 saturated heterocycles. The number of ether oxygens (including phenoxy) is 1. The molecular formula is C24H30FN3O5S. The van der Waals surface area contributed by atoms with E-state index < -0.39 is 27.8 Å². The fourth-order valence-electron chi connectivity index (χ4n) is 3.86. The first kappa shape index (κ1) is 25.6. The molecular weight excluding hydrogens is 461 g/mol. The molecule has 0 spiro atoms. The highest BCUT2D eigenvalue weighted by Crippen LogP contribution is 2.25. The van der Waals surface area contributed by atoms with Gasteiger partial charge >= 0.3 is 0 Å². The van der Waals surface area contributed by atoms with E-state index in [2.05, 4.69) is 10.6 Å². The van der Waals surface area contributed by atoms with Crippen LogP contribution in [0.3, 0.4) is 0 Å². The maximum Gasteiger partial charge on any atom is 0.247 e. The molecule has 0 aromatic heterocycles. The minimum Gasteiger partial charge on any atom is -0.497 e. The molecule has 0 aliphatic carbocycles. The molecule has 1 aliphatic heterocycles. The second-order valence-corrected chi connectivity index (χ2v) is 10.5. The summed E-state index contributed by atoms with van der Waals surface area (Å²) in [4.78, 5) is 25.9. The van der Waals surface area contributed by atoms with E-state index in [-0.39, 0.29) is 35.7 Å². The first-order chi connectivity index (χ1) is 16.1. The number of halogens is 1. The Bertz CT molecular complexity index is 1120. The summed E-state index contributed by atoms with van der Waals surface area (Å²) in [5.74, 6) is -1.48. The molecule has 0 unspecified atom stereocenters. The van der Waals surface area contributed by atoms with Gasteiger partial charge in [0, 0.05) is 24.8 Å². The second kappa shape index (κ2) is 11.0. The Morgan fingerprint density at radius 1 is 1.15 bits per heavy atom. The maximum absolute atomic E-state index is 13.2. The summed E-state index contributed by atoms with van der Waals surface area (Å²) in [5.41, 5.74) is 0.540. The number of anilines is 1. The van der Waals surface area contributed by atoms with Gasteiger partial charge in [-0.25, -0.2) is 12.8 Å². The second-order valence-electron chi connectivity index (χ2n) is 8.61. The van der Waals surface area contributed by atoms with Gasteiger partial charge in [0.05, 0.1) is 17.9 Å². The molecule has 0 radical (unpaired) electrons. The largest absolute Gasteiger partial charge is 0.497 e. The Kier molecular flexibility index (Phi) is 8.27. The van der Waals surface area contributed by atoms with Crippen molar-refractivity contribution in [3.63, 3.8) is 0 Å². The number of hydrogen-bond donors (Lipinski definition) is 2. The third-order valence-electron chi connectivity index (χ3n) is 5.79. The van der Waals surface area contributed by atoms with Gasteiger partial charge in [0.2, 0.25) is 21.8 Å². The van der Waals surface area contributed by atoms with E-state index in [1.54, 1.807) is 24.3 Å². The SMILES string of the molecule is COc1cccc(NC(=O)[C@@H](NC(=O)[C@H]2CCCN(S(=O)(=O)c3ccc(F)cc3)C2)C(C)C)c1. The van der Waals surface area contributed by atoms with Crippen LogP contribution < -0.4 is 15.4 Å². The quantitative estimate of drug-likeness (QED) is 0.591. The molecule has 8 nitrogen and oxygen atoms in total. The molecule has 2 aromatic carbocycles. The zero-order valence-electron chi connectivity index (χ0n) is 19.5. The number of carbonyl (C=O) groups excluding carboxylic acids is 2. The van der Waals surface area contributed by atoms with Crippen LogP contribution >= 0.6 is 0 Å². The van der Waals surface area contributed by atoms with E-state index in [9.17, 15) is 22.4 Å². The van der Waals surface area contributed by atoms with Crippen molar-refractivity contribution in [3.05, 3.63) is 54.3 Å². The Hall–Kier alpha value is -2.98. The minimum absolute atomic E-state index is 0.00609. The number of nitrogens with one attached hydrogen (secondary N) is 2. The molecule has 3 rings (SSSR count). The first-order valence-corrected chi connectivity index (χ1v) is 12.6. The Labute approximate surface area is 199 Å². The predicted molar refractivity (Wildman–Crippen MR) is 126 cm³/mol. The minimum atomic E-state index is -3.86. The number of hydrogen-bond acceptors (Lipinski definition) is 5. The zero-order valence-corrected chi connectivity index (χ0v) is 20.3. The summed E-state index contributed by atoms with van der Waals surface area (Å²) in [6, 6.07) is 10.7. The van der Waals surface area contributed by atoms with Crippen LogP contribution in [0.4, 0.5) is 10.1 Å². The van der Waals surface area contributed by atoms with Crippen molar-refractivity contribution in [1.29, 1.82) is 0 Å². The van der Waals surface area contributed by atoms with Gasteiger partial charge in [-0.3, -0.25) is 9.59 Å². The molecule has 2 aromatic rings. The summed E-state index contributed by atoms with van der Waals surface area (Å²) in [7, 11) is -2.33. The van der Waals surface area contributed by atoms with Crippen molar-refractivity contribution in [1.82, 2.24) is 9.62 Å². The lowest BCUT2D eigenvalue weighted by Gasteiger charge is -2.32. The third kappa shape index (κ3) is 6.12. The molecule has 0 saturated carbocycles. The van der Waals surface area contributed by atoms with Gasteiger partial charge < -0.3 is 15.4 Å². The molecule has 2 N–H and O–H groups in total. The van der Waals surface area contributed by atoms with Gasteiger partial charge in [0.25, 0.3) is 0 Å². The van der Waals surface area contributed by atoms with Gasteiger partial charge in [-0.05, 0) is 55.2 Å². The van der Waals surface area contributed by atoms with Crippen LogP contribution in [0.1, 0.15) is 26.7 Å². The van der Waals surface area contributed by atoms with E-state index in [1.165, 1.54) is 23.5 Å². The highest BCUT2D eigenvalue weighted by atomic mass is 32.2. The van der Waals surface area contributed by atoms with Crippen molar-refractivity contribution < 1.29 is 27.1 Å². The van der Waals surface area contributed by atoms with E-state index in [4.69, 9.17) is 4.74 Å². The molecule has 10 heteroatoms. The molecule has 2 amide bonds. The van der Waals surface area contributed by atoms with E-state index >= 15 is 0 Å². The lowest BCUT2D eigenvalue weighted by atomic mass is 9.96. The molecule has 34 heavy (non-hydrogen) atoms. The van der Waals surface area contributed by atoms with Crippen LogP contribution in [-0.2, 0) is 19.6 Å². The Morgan fingerprint density at radius 2 is 1.85 bits per heavy atom. The molecule has 1 aliphatic rings.